The molecule has 1 fully saturated rings. The lowest BCUT2D eigenvalue weighted by atomic mass is 9.76. The van der Waals surface area contributed by atoms with Crippen molar-refractivity contribution in [3.63, 3.8) is 0 Å². The van der Waals surface area contributed by atoms with Crippen LogP contribution in [-0.2, 0) is 20.2 Å². The van der Waals surface area contributed by atoms with Gasteiger partial charge in [-0.2, -0.15) is 0 Å². The Balaban J connectivity index is 2.58. The summed E-state index contributed by atoms with van der Waals surface area (Å²) in [7, 11) is 0.229. The van der Waals surface area contributed by atoms with Gasteiger partial charge < -0.3 is 5.11 Å². The van der Waals surface area contributed by atoms with E-state index in [0.717, 1.165) is 0 Å². The fourth-order valence-electron chi connectivity index (χ4n) is 3.17. The average Bonchev–Trinajstić information content (AvgIpc) is 2.71. The van der Waals surface area contributed by atoms with E-state index in [0.29, 0.717) is 12.0 Å². The number of carboxylic acid groups (broad SMARTS) is 1. The Kier molecular flexibility index (Phi) is 3.88. The highest BCUT2D eigenvalue weighted by Gasteiger charge is 2.53. The standard InChI is InChI=1S/C14H19NO4S/c1-15(2)14(13(16)17,11-6-4-3-5-7-11)12-8-9-20(18,19)10-12/h3-7,12H,8-10H2,1-2H3,(H,16,17)/t12-,14+/m0/s1. The van der Waals surface area contributed by atoms with Crippen molar-refractivity contribution in [2.45, 2.75) is 12.0 Å². The second kappa shape index (κ2) is 5.18. The van der Waals surface area contributed by atoms with Crippen LogP contribution in [0.3, 0.4) is 0 Å². The van der Waals surface area contributed by atoms with Gasteiger partial charge in [-0.1, -0.05) is 30.3 Å². The molecule has 0 aliphatic carbocycles. The van der Waals surface area contributed by atoms with Gasteiger partial charge in [0.1, 0.15) is 5.54 Å². The third kappa shape index (κ3) is 2.33. The van der Waals surface area contributed by atoms with Gasteiger partial charge in [-0.3, -0.25) is 4.90 Å². The van der Waals surface area contributed by atoms with E-state index in [1.165, 1.54) is 0 Å². The normalized spacial score (nSPS) is 24.4. The summed E-state index contributed by atoms with van der Waals surface area (Å²) >= 11 is 0. The third-order valence-electron chi connectivity index (χ3n) is 4.07. The van der Waals surface area contributed by atoms with Gasteiger partial charge in [0.25, 0.3) is 0 Å². The van der Waals surface area contributed by atoms with Crippen molar-refractivity contribution < 1.29 is 18.3 Å². The largest absolute Gasteiger partial charge is 0.480 e. The first-order chi connectivity index (χ1) is 9.30. The molecule has 1 aromatic rings. The Hall–Kier alpha value is -1.40. The van der Waals surface area contributed by atoms with Gasteiger partial charge in [0.2, 0.25) is 0 Å². The summed E-state index contributed by atoms with van der Waals surface area (Å²) in [5, 5.41) is 9.84. The summed E-state index contributed by atoms with van der Waals surface area (Å²) in [6.07, 6.45) is 0.377. The first kappa shape index (κ1) is 15.0. The highest BCUT2D eigenvalue weighted by molar-refractivity contribution is 7.91. The third-order valence-corrected chi connectivity index (χ3v) is 5.84. The maximum Gasteiger partial charge on any atom is 0.329 e. The molecule has 6 heteroatoms. The number of rotatable bonds is 4. The molecule has 1 aliphatic rings. The fraction of sp³-hybridized carbons (Fsp3) is 0.500. The van der Waals surface area contributed by atoms with Crippen LogP contribution in [0.15, 0.2) is 30.3 Å². The summed E-state index contributed by atoms with van der Waals surface area (Å²) in [6, 6.07) is 8.87. The van der Waals surface area contributed by atoms with E-state index >= 15 is 0 Å². The molecule has 1 heterocycles. The molecule has 0 radical (unpaired) electrons. The Bertz CT molecular complexity index is 597. The molecule has 0 spiro atoms. The zero-order valence-corrected chi connectivity index (χ0v) is 12.4. The Labute approximate surface area is 119 Å². The number of benzene rings is 1. The highest BCUT2D eigenvalue weighted by atomic mass is 32.2. The van der Waals surface area contributed by atoms with Crippen LogP contribution in [-0.4, -0.2) is 50.0 Å². The van der Waals surface area contributed by atoms with E-state index in [-0.39, 0.29) is 11.5 Å². The molecule has 0 aromatic heterocycles. The lowest BCUT2D eigenvalue weighted by Crippen LogP contribution is -2.54. The van der Waals surface area contributed by atoms with Crippen molar-refractivity contribution in [2.24, 2.45) is 5.92 Å². The molecule has 1 N–H and O–H groups in total. The Morgan fingerprint density at radius 1 is 1.30 bits per heavy atom. The van der Waals surface area contributed by atoms with E-state index in [9.17, 15) is 18.3 Å². The van der Waals surface area contributed by atoms with Gasteiger partial charge in [0, 0.05) is 5.92 Å². The number of nitrogens with zero attached hydrogens (tertiary/aromatic N) is 1. The Morgan fingerprint density at radius 3 is 2.30 bits per heavy atom. The zero-order valence-electron chi connectivity index (χ0n) is 11.6. The van der Waals surface area contributed by atoms with Crippen molar-refractivity contribution in [3.05, 3.63) is 35.9 Å². The molecule has 1 aromatic carbocycles. The molecular weight excluding hydrogens is 278 g/mol. The molecule has 2 atom stereocenters. The molecule has 5 nitrogen and oxygen atoms in total. The van der Waals surface area contributed by atoms with Crippen LogP contribution in [0, 0.1) is 5.92 Å². The summed E-state index contributed by atoms with van der Waals surface area (Å²) in [4.78, 5) is 13.6. The summed E-state index contributed by atoms with van der Waals surface area (Å²) in [5.41, 5.74) is -0.676. The van der Waals surface area contributed by atoms with Crippen LogP contribution in [0.4, 0.5) is 0 Å². The van der Waals surface area contributed by atoms with Gasteiger partial charge in [-0.25, -0.2) is 13.2 Å². The number of carboxylic acids is 1. The smallest absolute Gasteiger partial charge is 0.329 e. The number of hydrogen-bond acceptors (Lipinski definition) is 4. The maximum atomic E-state index is 12.0. The summed E-state index contributed by atoms with van der Waals surface area (Å²) in [5.74, 6) is -1.46. The van der Waals surface area contributed by atoms with Gasteiger partial charge in [0.05, 0.1) is 11.5 Å². The van der Waals surface area contributed by atoms with Crippen LogP contribution in [0.25, 0.3) is 0 Å². The first-order valence-corrected chi connectivity index (χ1v) is 8.29. The number of likely N-dealkylation sites (N-methyl/N-ethyl adjacent to an activating group) is 1. The van der Waals surface area contributed by atoms with Crippen molar-refractivity contribution in [2.75, 3.05) is 25.6 Å². The minimum absolute atomic E-state index is 0.0629. The van der Waals surface area contributed by atoms with Crippen LogP contribution in [0.5, 0.6) is 0 Å². The van der Waals surface area contributed by atoms with E-state index < -0.39 is 27.3 Å². The number of carbonyl (C=O) groups is 1. The lowest BCUT2D eigenvalue weighted by Gasteiger charge is -2.40. The topological polar surface area (TPSA) is 74.7 Å². The molecule has 0 bridgehead atoms. The van der Waals surface area contributed by atoms with E-state index in [4.69, 9.17) is 0 Å². The summed E-state index contributed by atoms with van der Waals surface area (Å²) in [6.45, 7) is 0. The zero-order chi connectivity index (χ0) is 15.0. The maximum absolute atomic E-state index is 12.0. The van der Waals surface area contributed by atoms with Crippen molar-refractivity contribution in [3.8, 4) is 0 Å². The second-order valence-corrected chi connectivity index (χ2v) is 7.66. The summed E-state index contributed by atoms with van der Waals surface area (Å²) < 4.78 is 23.5. The van der Waals surface area contributed by atoms with Crippen LogP contribution < -0.4 is 0 Å². The molecule has 0 amide bonds. The van der Waals surface area contributed by atoms with Crippen molar-refractivity contribution >= 4 is 15.8 Å². The second-order valence-electron chi connectivity index (χ2n) is 5.43. The quantitative estimate of drug-likeness (QED) is 0.896. The molecular formula is C14H19NO4S. The predicted octanol–water partition coefficient (Wildman–Crippen LogP) is 0.963. The molecule has 1 aliphatic heterocycles. The number of hydrogen-bond donors (Lipinski definition) is 1. The van der Waals surface area contributed by atoms with Crippen molar-refractivity contribution in [1.82, 2.24) is 4.90 Å². The molecule has 0 saturated carbocycles. The molecule has 0 unspecified atom stereocenters. The molecule has 2 rings (SSSR count). The van der Waals surface area contributed by atoms with Crippen LogP contribution in [0.1, 0.15) is 12.0 Å². The SMILES string of the molecule is CN(C)[C@](C(=O)O)(c1ccccc1)[C@H]1CCS(=O)(=O)C1. The monoisotopic (exact) mass is 297 g/mol. The number of sulfone groups is 1. The molecule has 1 saturated heterocycles. The van der Waals surface area contributed by atoms with Crippen molar-refractivity contribution in [1.29, 1.82) is 0 Å². The highest BCUT2D eigenvalue weighted by Crippen LogP contribution is 2.40. The minimum Gasteiger partial charge on any atom is -0.480 e. The van der Waals surface area contributed by atoms with E-state index in [1.54, 1.807) is 43.3 Å². The van der Waals surface area contributed by atoms with Gasteiger partial charge >= 0.3 is 5.97 Å². The minimum atomic E-state index is -3.14. The van der Waals surface area contributed by atoms with Gasteiger partial charge in [-0.15, -0.1) is 0 Å². The van der Waals surface area contributed by atoms with Crippen LogP contribution in [0.2, 0.25) is 0 Å². The lowest BCUT2D eigenvalue weighted by molar-refractivity contribution is -0.154. The fourth-order valence-corrected chi connectivity index (χ4v) is 5.00. The van der Waals surface area contributed by atoms with Gasteiger partial charge in [0.15, 0.2) is 9.84 Å². The number of aliphatic carboxylic acids is 1. The Morgan fingerprint density at radius 2 is 1.90 bits per heavy atom. The predicted molar refractivity (Wildman–Crippen MR) is 76.2 cm³/mol. The van der Waals surface area contributed by atoms with Gasteiger partial charge in [-0.05, 0) is 26.1 Å². The van der Waals surface area contributed by atoms with E-state index in [2.05, 4.69) is 0 Å². The van der Waals surface area contributed by atoms with Crippen LogP contribution >= 0.6 is 0 Å². The average molecular weight is 297 g/mol. The molecule has 110 valence electrons. The first-order valence-electron chi connectivity index (χ1n) is 6.47. The van der Waals surface area contributed by atoms with E-state index in [1.807, 2.05) is 6.07 Å². The molecule has 20 heavy (non-hydrogen) atoms.